The lowest BCUT2D eigenvalue weighted by molar-refractivity contribution is 0.0264. The third-order valence-corrected chi connectivity index (χ3v) is 5.31. The van der Waals surface area contributed by atoms with Gasteiger partial charge in [0.2, 0.25) is 0 Å². The summed E-state index contributed by atoms with van der Waals surface area (Å²) in [7, 11) is 0. The van der Waals surface area contributed by atoms with Gasteiger partial charge in [-0.05, 0) is 43.4 Å². The van der Waals surface area contributed by atoms with Crippen molar-refractivity contribution in [2.75, 3.05) is 6.54 Å². The summed E-state index contributed by atoms with van der Waals surface area (Å²) in [6.45, 7) is 20.6. The van der Waals surface area contributed by atoms with Crippen LogP contribution in [0.25, 0.3) is 0 Å². The summed E-state index contributed by atoms with van der Waals surface area (Å²) in [5.41, 5.74) is 1.33. The number of nitrogens with zero attached hydrogens (tertiary/aromatic N) is 1. The molecule has 1 nitrogen and oxygen atoms in total. The van der Waals surface area contributed by atoms with E-state index in [1.165, 1.54) is 13.0 Å². The van der Waals surface area contributed by atoms with E-state index in [0.717, 1.165) is 17.9 Å². The monoisotopic (exact) mass is 237 g/mol. The smallest absolute Gasteiger partial charge is 0.0186 e. The van der Waals surface area contributed by atoms with Gasteiger partial charge in [0.05, 0.1) is 0 Å². The lowest BCUT2D eigenvalue weighted by Gasteiger charge is -2.45. The lowest BCUT2D eigenvalue weighted by atomic mass is 9.81. The Kier molecular flexibility index (Phi) is 2.75. The van der Waals surface area contributed by atoms with E-state index >= 15 is 0 Å². The first kappa shape index (κ1) is 13.4. The molecule has 1 aliphatic carbocycles. The molecule has 0 radical (unpaired) electrons. The molecule has 0 amide bonds. The van der Waals surface area contributed by atoms with Crippen LogP contribution in [-0.4, -0.2) is 23.0 Å². The molecule has 1 saturated carbocycles. The van der Waals surface area contributed by atoms with Crippen LogP contribution in [0.4, 0.5) is 0 Å². The SMILES string of the molecule is CC[C@H]1C2C(C(C)(C)C)N(C(C)(C)C)C[C@]21C. The summed E-state index contributed by atoms with van der Waals surface area (Å²) in [4.78, 5) is 2.78. The zero-order valence-electron chi connectivity index (χ0n) is 13.1. The van der Waals surface area contributed by atoms with Crippen LogP contribution in [-0.2, 0) is 0 Å². The van der Waals surface area contributed by atoms with Gasteiger partial charge in [-0.1, -0.05) is 41.0 Å². The van der Waals surface area contributed by atoms with Gasteiger partial charge in [-0.3, -0.25) is 4.90 Å². The molecule has 100 valence electrons. The highest BCUT2D eigenvalue weighted by molar-refractivity contribution is 5.21. The predicted octanol–water partition coefficient (Wildman–Crippen LogP) is 4.18. The number of hydrogen-bond acceptors (Lipinski definition) is 1. The maximum atomic E-state index is 2.78. The van der Waals surface area contributed by atoms with Crippen molar-refractivity contribution in [2.24, 2.45) is 22.7 Å². The number of rotatable bonds is 1. The third kappa shape index (κ3) is 1.85. The van der Waals surface area contributed by atoms with Gasteiger partial charge in [-0.15, -0.1) is 0 Å². The maximum Gasteiger partial charge on any atom is 0.0186 e. The second kappa shape index (κ2) is 3.50. The zero-order chi connectivity index (χ0) is 13.2. The largest absolute Gasteiger partial charge is 0.294 e. The Hall–Kier alpha value is -0.0400. The minimum atomic E-state index is 0.312. The lowest BCUT2D eigenvalue weighted by Crippen LogP contribution is -2.52. The van der Waals surface area contributed by atoms with Gasteiger partial charge in [0.15, 0.2) is 0 Å². The first-order chi connectivity index (χ1) is 7.53. The van der Waals surface area contributed by atoms with Crippen molar-refractivity contribution in [3.63, 3.8) is 0 Å². The Labute approximate surface area is 108 Å². The molecular formula is C16H31N. The van der Waals surface area contributed by atoms with E-state index in [-0.39, 0.29) is 0 Å². The highest BCUT2D eigenvalue weighted by Crippen LogP contribution is 2.70. The Balaban J connectivity index is 2.30. The molecule has 2 unspecified atom stereocenters. The fourth-order valence-electron chi connectivity index (χ4n) is 4.54. The average molecular weight is 237 g/mol. The zero-order valence-corrected chi connectivity index (χ0v) is 13.1. The van der Waals surface area contributed by atoms with Crippen LogP contribution in [0, 0.1) is 22.7 Å². The van der Waals surface area contributed by atoms with Gasteiger partial charge < -0.3 is 0 Å². The second-order valence-corrected chi connectivity index (χ2v) is 8.66. The van der Waals surface area contributed by atoms with E-state index in [9.17, 15) is 0 Å². The molecule has 1 aliphatic heterocycles. The summed E-state index contributed by atoms with van der Waals surface area (Å²) in [5.74, 6) is 1.91. The van der Waals surface area contributed by atoms with Gasteiger partial charge >= 0.3 is 0 Å². The van der Waals surface area contributed by atoms with E-state index < -0.39 is 0 Å². The first-order valence-corrected chi connectivity index (χ1v) is 7.30. The minimum absolute atomic E-state index is 0.312. The average Bonchev–Trinajstić information content (AvgIpc) is 2.50. The van der Waals surface area contributed by atoms with Crippen LogP contribution in [0.3, 0.4) is 0 Å². The van der Waals surface area contributed by atoms with Gasteiger partial charge in [-0.2, -0.15) is 0 Å². The van der Waals surface area contributed by atoms with Crippen molar-refractivity contribution >= 4 is 0 Å². The van der Waals surface area contributed by atoms with E-state index in [0.29, 0.717) is 16.4 Å². The minimum Gasteiger partial charge on any atom is -0.294 e. The van der Waals surface area contributed by atoms with Crippen LogP contribution in [0.15, 0.2) is 0 Å². The van der Waals surface area contributed by atoms with Gasteiger partial charge in [0.25, 0.3) is 0 Å². The molecule has 4 atom stereocenters. The second-order valence-electron chi connectivity index (χ2n) is 8.66. The molecule has 0 aromatic heterocycles. The quantitative estimate of drug-likeness (QED) is 0.661. The van der Waals surface area contributed by atoms with Crippen molar-refractivity contribution in [1.29, 1.82) is 0 Å². The number of hydrogen-bond donors (Lipinski definition) is 0. The molecule has 1 heteroatoms. The highest BCUT2D eigenvalue weighted by Gasteiger charge is 2.71. The van der Waals surface area contributed by atoms with Crippen LogP contribution in [0.2, 0.25) is 0 Å². The standard InChI is InChI=1S/C16H31N/c1-9-11-12-13(14(2,3)4)17(15(5,6)7)10-16(11,12)8/h11-13H,9-10H2,1-8H3/t11-,12?,13?,16-/m0/s1. The van der Waals surface area contributed by atoms with Crippen LogP contribution < -0.4 is 0 Å². The van der Waals surface area contributed by atoms with Crippen LogP contribution in [0.1, 0.15) is 61.8 Å². The Bertz CT molecular complexity index is 306. The number of fused-ring (bicyclic) bond motifs is 1. The normalized spacial score (nSPS) is 42.7. The molecule has 0 bridgehead atoms. The van der Waals surface area contributed by atoms with E-state index in [2.05, 4.69) is 60.3 Å². The molecule has 0 aromatic carbocycles. The molecule has 1 saturated heterocycles. The molecular weight excluding hydrogens is 206 g/mol. The van der Waals surface area contributed by atoms with Crippen molar-refractivity contribution in [2.45, 2.75) is 73.4 Å². The summed E-state index contributed by atoms with van der Waals surface area (Å²) < 4.78 is 0. The number of piperidine rings is 1. The van der Waals surface area contributed by atoms with Gasteiger partial charge in [0, 0.05) is 18.1 Å². The Morgan fingerprint density at radius 3 is 2.00 bits per heavy atom. The van der Waals surface area contributed by atoms with E-state index in [1.54, 1.807) is 0 Å². The molecule has 2 aliphatic rings. The fraction of sp³-hybridized carbons (Fsp3) is 1.00. The highest BCUT2D eigenvalue weighted by atomic mass is 15.3. The fourth-order valence-corrected chi connectivity index (χ4v) is 4.54. The molecule has 1 heterocycles. The predicted molar refractivity (Wildman–Crippen MR) is 75.1 cm³/mol. The Morgan fingerprint density at radius 1 is 1.12 bits per heavy atom. The number of likely N-dealkylation sites (tertiary alicyclic amines) is 1. The topological polar surface area (TPSA) is 3.24 Å². The summed E-state index contributed by atoms with van der Waals surface area (Å²) >= 11 is 0. The molecule has 17 heavy (non-hydrogen) atoms. The Morgan fingerprint density at radius 2 is 1.65 bits per heavy atom. The van der Waals surface area contributed by atoms with Crippen LogP contribution in [0.5, 0.6) is 0 Å². The molecule has 0 spiro atoms. The van der Waals surface area contributed by atoms with Gasteiger partial charge in [0.1, 0.15) is 0 Å². The third-order valence-electron chi connectivity index (χ3n) is 5.31. The van der Waals surface area contributed by atoms with Gasteiger partial charge in [-0.25, -0.2) is 0 Å². The van der Waals surface area contributed by atoms with Crippen LogP contribution >= 0.6 is 0 Å². The van der Waals surface area contributed by atoms with E-state index in [1.807, 2.05) is 0 Å². The first-order valence-electron chi connectivity index (χ1n) is 7.30. The molecule has 0 aromatic rings. The summed E-state index contributed by atoms with van der Waals surface area (Å²) in [5, 5.41) is 0. The summed E-state index contributed by atoms with van der Waals surface area (Å²) in [6.07, 6.45) is 1.37. The molecule has 2 rings (SSSR count). The van der Waals surface area contributed by atoms with Crippen molar-refractivity contribution < 1.29 is 0 Å². The molecule has 0 N–H and O–H groups in total. The van der Waals surface area contributed by atoms with E-state index in [4.69, 9.17) is 0 Å². The maximum absolute atomic E-state index is 2.78. The molecule has 2 fully saturated rings. The van der Waals surface area contributed by atoms with Crippen molar-refractivity contribution in [3.05, 3.63) is 0 Å². The van der Waals surface area contributed by atoms with Crippen molar-refractivity contribution in [1.82, 2.24) is 4.90 Å². The van der Waals surface area contributed by atoms with Crippen molar-refractivity contribution in [3.8, 4) is 0 Å². The summed E-state index contributed by atoms with van der Waals surface area (Å²) in [6, 6.07) is 0.762.